The van der Waals surface area contributed by atoms with E-state index in [0.717, 1.165) is 5.56 Å². The monoisotopic (exact) mass is 367 g/mol. The summed E-state index contributed by atoms with van der Waals surface area (Å²) in [6.07, 6.45) is 4.58. The fourth-order valence-corrected chi connectivity index (χ4v) is 3.15. The molecule has 8 nitrogen and oxygen atoms in total. The topological polar surface area (TPSA) is 133 Å². The third-order valence-corrected chi connectivity index (χ3v) is 4.72. The van der Waals surface area contributed by atoms with Gasteiger partial charge in [0.15, 0.2) is 5.82 Å². The summed E-state index contributed by atoms with van der Waals surface area (Å²) in [5, 5.41) is 16.2. The molecule has 0 atom stereocenters. The van der Waals surface area contributed by atoms with E-state index in [1.54, 1.807) is 29.2 Å². The number of piperidine rings is 1. The Balaban J connectivity index is 1.64. The molecule has 27 heavy (non-hydrogen) atoms. The van der Waals surface area contributed by atoms with Crippen LogP contribution in [-0.4, -0.2) is 50.8 Å². The van der Waals surface area contributed by atoms with Gasteiger partial charge in [-0.25, -0.2) is 9.97 Å². The number of carboxylic acids is 1. The van der Waals surface area contributed by atoms with Gasteiger partial charge in [-0.05, 0) is 30.9 Å². The second-order valence-electron chi connectivity index (χ2n) is 6.62. The summed E-state index contributed by atoms with van der Waals surface area (Å²) in [6.45, 7) is 1.16. The van der Waals surface area contributed by atoms with E-state index < -0.39 is 5.97 Å². The summed E-state index contributed by atoms with van der Waals surface area (Å²) in [7, 11) is 0. The Hall–Kier alpha value is -3.29. The van der Waals surface area contributed by atoms with E-state index in [2.05, 4.69) is 9.97 Å². The van der Waals surface area contributed by atoms with Gasteiger partial charge in [0.2, 0.25) is 0 Å². The number of hydrogen-bond acceptors (Lipinski definition) is 5. The lowest BCUT2D eigenvalue weighted by molar-refractivity contribution is -0.138. The molecule has 0 unspecified atom stereocenters. The molecule has 0 radical (unpaired) electrons. The molecular weight excluding hydrogens is 346 g/mol. The lowest BCUT2D eigenvalue weighted by Gasteiger charge is -2.31. The second kappa shape index (κ2) is 7.94. The number of rotatable bonds is 5. The predicted octanol–water partition coefficient (Wildman–Crippen LogP) is 1.75. The van der Waals surface area contributed by atoms with Gasteiger partial charge in [0.25, 0.3) is 5.91 Å². The minimum absolute atomic E-state index is 0.0526. The average Bonchev–Trinajstić information content (AvgIpc) is 2.68. The molecule has 0 saturated carbocycles. The van der Waals surface area contributed by atoms with Gasteiger partial charge >= 0.3 is 5.97 Å². The molecule has 1 aromatic heterocycles. The Kier molecular flexibility index (Phi) is 5.44. The third-order valence-electron chi connectivity index (χ3n) is 4.72. The molecule has 1 saturated heterocycles. The Morgan fingerprint density at radius 2 is 1.70 bits per heavy atom. The van der Waals surface area contributed by atoms with E-state index in [9.17, 15) is 9.59 Å². The highest BCUT2D eigenvalue weighted by Crippen LogP contribution is 2.22. The zero-order valence-electron chi connectivity index (χ0n) is 14.8. The molecule has 2 aromatic rings. The first-order valence-corrected chi connectivity index (χ1v) is 8.72. The molecule has 0 aliphatic carbocycles. The number of aliphatic carboxylic acids is 1. The highest BCUT2D eigenvalue weighted by molar-refractivity contribution is 5.95. The predicted molar refractivity (Wildman–Crippen MR) is 99.4 cm³/mol. The molecule has 1 aromatic carbocycles. The number of amidine groups is 1. The van der Waals surface area contributed by atoms with Crippen molar-refractivity contribution >= 4 is 17.7 Å². The van der Waals surface area contributed by atoms with Crippen LogP contribution in [0, 0.1) is 11.3 Å². The number of nitrogens with one attached hydrogen (secondary N) is 1. The normalized spacial score (nSPS) is 14.7. The van der Waals surface area contributed by atoms with Gasteiger partial charge in [-0.1, -0.05) is 12.1 Å². The van der Waals surface area contributed by atoms with Crippen LogP contribution >= 0.6 is 0 Å². The minimum atomic E-state index is -0.783. The van der Waals surface area contributed by atoms with Gasteiger partial charge in [-0.3, -0.25) is 15.0 Å². The van der Waals surface area contributed by atoms with Crippen LogP contribution in [0.4, 0.5) is 0 Å². The van der Waals surface area contributed by atoms with Crippen molar-refractivity contribution in [1.29, 1.82) is 5.41 Å². The van der Waals surface area contributed by atoms with Crippen molar-refractivity contribution in [3.05, 3.63) is 47.8 Å². The standard InChI is InChI=1S/C19H21N5O3/c20-17(21)15-10-22-18(23-11-15)13-1-3-14(4-2-13)19(27)24-7-5-12(6-8-24)9-16(25)26/h1-4,10-12H,5-9H2,(H3,20,21)(H,25,26). The summed E-state index contributed by atoms with van der Waals surface area (Å²) in [6, 6.07) is 7.05. The molecule has 1 aliphatic rings. The Bertz CT molecular complexity index is 841. The molecule has 0 spiro atoms. The number of carbonyl (C=O) groups excluding carboxylic acids is 1. The van der Waals surface area contributed by atoms with Crippen LogP contribution in [0.3, 0.4) is 0 Å². The highest BCUT2D eigenvalue weighted by atomic mass is 16.4. The van der Waals surface area contributed by atoms with Crippen molar-refractivity contribution in [2.75, 3.05) is 13.1 Å². The van der Waals surface area contributed by atoms with Gasteiger partial charge < -0.3 is 15.7 Å². The molecule has 4 N–H and O–H groups in total. The average molecular weight is 367 g/mol. The fraction of sp³-hybridized carbons (Fsp3) is 0.316. The first kappa shape index (κ1) is 18.5. The summed E-state index contributed by atoms with van der Waals surface area (Å²) < 4.78 is 0. The first-order valence-electron chi connectivity index (χ1n) is 8.72. The molecule has 8 heteroatoms. The van der Waals surface area contributed by atoms with Crippen LogP contribution in [0.5, 0.6) is 0 Å². The van der Waals surface area contributed by atoms with Crippen LogP contribution < -0.4 is 5.73 Å². The van der Waals surface area contributed by atoms with Gasteiger partial charge in [-0.15, -0.1) is 0 Å². The SMILES string of the molecule is N=C(N)c1cnc(-c2ccc(C(=O)N3CCC(CC(=O)O)CC3)cc2)nc1. The number of carboxylic acid groups (broad SMARTS) is 1. The molecule has 2 heterocycles. The van der Waals surface area contributed by atoms with E-state index in [1.807, 2.05) is 0 Å². The third kappa shape index (κ3) is 4.46. The van der Waals surface area contributed by atoms with Gasteiger partial charge in [0, 0.05) is 43.0 Å². The maximum Gasteiger partial charge on any atom is 0.303 e. The molecule has 1 amide bonds. The van der Waals surface area contributed by atoms with Gasteiger partial charge in [-0.2, -0.15) is 0 Å². The van der Waals surface area contributed by atoms with Crippen molar-refractivity contribution in [3.63, 3.8) is 0 Å². The van der Waals surface area contributed by atoms with Crippen LogP contribution in [0.25, 0.3) is 11.4 Å². The maximum absolute atomic E-state index is 12.6. The minimum Gasteiger partial charge on any atom is -0.481 e. The Morgan fingerprint density at radius 3 is 2.22 bits per heavy atom. The maximum atomic E-state index is 12.6. The van der Waals surface area contributed by atoms with Crippen LogP contribution in [0.2, 0.25) is 0 Å². The summed E-state index contributed by atoms with van der Waals surface area (Å²) >= 11 is 0. The summed E-state index contributed by atoms with van der Waals surface area (Å²) in [5.74, 6) is -0.288. The number of benzene rings is 1. The van der Waals surface area contributed by atoms with Crippen molar-refractivity contribution < 1.29 is 14.7 Å². The van der Waals surface area contributed by atoms with Crippen LogP contribution in [-0.2, 0) is 4.79 Å². The van der Waals surface area contributed by atoms with Gasteiger partial charge in [0.05, 0.1) is 5.56 Å². The number of nitrogens with two attached hydrogens (primary N) is 1. The first-order chi connectivity index (χ1) is 12.9. The quantitative estimate of drug-likeness (QED) is 0.545. The Morgan fingerprint density at radius 1 is 1.11 bits per heavy atom. The molecule has 1 fully saturated rings. The lowest BCUT2D eigenvalue weighted by atomic mass is 9.93. The van der Waals surface area contributed by atoms with Gasteiger partial charge in [0.1, 0.15) is 5.84 Å². The number of carbonyl (C=O) groups is 2. The number of nitrogens with zero attached hydrogens (tertiary/aromatic N) is 3. The van der Waals surface area contributed by atoms with Crippen molar-refractivity contribution in [2.24, 2.45) is 11.7 Å². The lowest BCUT2D eigenvalue weighted by Crippen LogP contribution is -2.38. The van der Waals surface area contributed by atoms with Crippen molar-refractivity contribution in [2.45, 2.75) is 19.3 Å². The van der Waals surface area contributed by atoms with E-state index in [-0.39, 0.29) is 24.1 Å². The summed E-state index contributed by atoms with van der Waals surface area (Å²) in [5.41, 5.74) is 7.19. The number of hydrogen-bond donors (Lipinski definition) is 3. The second-order valence-corrected chi connectivity index (χ2v) is 6.62. The zero-order valence-corrected chi connectivity index (χ0v) is 14.8. The summed E-state index contributed by atoms with van der Waals surface area (Å²) in [4.78, 5) is 33.6. The van der Waals surface area contributed by atoms with E-state index in [1.165, 1.54) is 12.4 Å². The van der Waals surface area contributed by atoms with E-state index in [4.69, 9.17) is 16.2 Å². The van der Waals surface area contributed by atoms with Crippen LogP contribution in [0.15, 0.2) is 36.7 Å². The molecule has 3 rings (SSSR count). The number of aromatic nitrogens is 2. The Labute approximate surface area is 156 Å². The highest BCUT2D eigenvalue weighted by Gasteiger charge is 2.25. The smallest absolute Gasteiger partial charge is 0.303 e. The van der Waals surface area contributed by atoms with Crippen molar-refractivity contribution in [3.8, 4) is 11.4 Å². The molecule has 1 aliphatic heterocycles. The zero-order chi connectivity index (χ0) is 19.4. The fourth-order valence-electron chi connectivity index (χ4n) is 3.15. The van der Waals surface area contributed by atoms with E-state index >= 15 is 0 Å². The molecule has 140 valence electrons. The number of likely N-dealkylation sites (tertiary alicyclic amines) is 1. The molecular formula is C19H21N5O3. The van der Waals surface area contributed by atoms with Crippen molar-refractivity contribution in [1.82, 2.24) is 14.9 Å². The van der Waals surface area contributed by atoms with Crippen LogP contribution in [0.1, 0.15) is 35.2 Å². The van der Waals surface area contributed by atoms with E-state index in [0.29, 0.717) is 42.9 Å². The largest absolute Gasteiger partial charge is 0.481 e. The molecule has 0 bridgehead atoms. The number of amides is 1. The number of nitrogen functional groups attached to an aromatic ring is 1.